The highest BCUT2D eigenvalue weighted by Crippen LogP contribution is 2.27. The number of aryl methyl sites for hydroxylation is 1. The minimum Gasteiger partial charge on any atom is -0.481 e. The summed E-state index contributed by atoms with van der Waals surface area (Å²) in [5.74, 6) is -1.02. The highest BCUT2D eigenvalue weighted by atomic mass is 32.2. The summed E-state index contributed by atoms with van der Waals surface area (Å²) in [6.07, 6.45) is 3.88. The molecule has 40 heavy (non-hydrogen) atoms. The molecule has 1 atom stereocenters. The number of nitrogens with one attached hydrogen (secondary N) is 3. The van der Waals surface area contributed by atoms with E-state index in [1.807, 2.05) is 31.2 Å². The van der Waals surface area contributed by atoms with Crippen LogP contribution >= 0.6 is 0 Å². The van der Waals surface area contributed by atoms with Gasteiger partial charge in [-0.25, -0.2) is 9.00 Å². The number of nitrogens with zero attached hydrogens (tertiary/aromatic N) is 2. The quantitative estimate of drug-likeness (QED) is 0.209. The maximum atomic E-state index is 12.5. The number of benzene rings is 2. The van der Waals surface area contributed by atoms with Crippen LogP contribution < -0.4 is 15.4 Å². The number of anilines is 2. The Morgan fingerprint density at radius 2 is 1.75 bits per heavy atom. The summed E-state index contributed by atoms with van der Waals surface area (Å²) in [5.41, 5.74) is 3.49. The number of hydrogen-bond acceptors (Lipinski definition) is 6. The number of pyridine rings is 1. The first-order valence-corrected chi connectivity index (χ1v) is 14.2. The number of rotatable bonds is 9. The Morgan fingerprint density at radius 1 is 1.00 bits per heavy atom. The van der Waals surface area contributed by atoms with Crippen molar-refractivity contribution in [1.82, 2.24) is 9.97 Å². The molecule has 4 rings (SSSR count). The molecule has 2 aromatic heterocycles. The van der Waals surface area contributed by atoms with Crippen LogP contribution in [0.25, 0.3) is 11.4 Å². The van der Waals surface area contributed by atoms with Gasteiger partial charge in [-0.3, -0.25) is 14.6 Å². The first-order chi connectivity index (χ1) is 19.1. The van der Waals surface area contributed by atoms with Crippen LogP contribution in [0.3, 0.4) is 0 Å². The van der Waals surface area contributed by atoms with Gasteiger partial charge in [0, 0.05) is 41.8 Å². The van der Waals surface area contributed by atoms with Crippen molar-refractivity contribution in [2.75, 3.05) is 22.6 Å². The van der Waals surface area contributed by atoms with Gasteiger partial charge in [0.2, 0.25) is 0 Å². The van der Waals surface area contributed by atoms with Crippen LogP contribution in [-0.2, 0) is 14.5 Å². The van der Waals surface area contributed by atoms with Gasteiger partial charge in [0.15, 0.2) is 0 Å². The van der Waals surface area contributed by atoms with E-state index in [1.165, 1.54) is 18.5 Å². The Bertz CT molecular complexity index is 1670. The minimum absolute atomic E-state index is 0.169. The molecule has 206 valence electrons. The Morgan fingerprint density at radius 3 is 2.48 bits per heavy atom. The number of ether oxygens (including phenoxy) is 1. The molecule has 0 saturated heterocycles. The van der Waals surface area contributed by atoms with E-state index in [2.05, 4.69) is 25.0 Å². The third kappa shape index (κ3) is 8.01. The number of carboxylic acids is 1. The lowest BCUT2D eigenvalue weighted by atomic mass is 10.2. The first-order valence-electron chi connectivity index (χ1n) is 12.1. The van der Waals surface area contributed by atoms with E-state index in [0.29, 0.717) is 34.3 Å². The predicted octanol–water partition coefficient (Wildman–Crippen LogP) is 5.53. The first kappa shape index (κ1) is 28.0. The van der Waals surface area contributed by atoms with Gasteiger partial charge < -0.3 is 25.5 Å². The molecule has 0 saturated carbocycles. The van der Waals surface area contributed by atoms with Gasteiger partial charge in [-0.05, 0) is 61.0 Å². The van der Waals surface area contributed by atoms with Crippen LogP contribution in [0.4, 0.5) is 16.2 Å². The number of H-pyrrole nitrogens is 1. The van der Waals surface area contributed by atoms with Gasteiger partial charge in [0.05, 0.1) is 33.1 Å². The van der Waals surface area contributed by atoms with Crippen molar-refractivity contribution < 1.29 is 28.4 Å². The third-order valence-electron chi connectivity index (χ3n) is 5.53. The van der Waals surface area contributed by atoms with Gasteiger partial charge in [-0.2, -0.15) is 4.36 Å². The van der Waals surface area contributed by atoms with E-state index in [4.69, 9.17) is 9.84 Å². The van der Waals surface area contributed by atoms with Crippen molar-refractivity contribution in [3.05, 3.63) is 90.3 Å². The van der Waals surface area contributed by atoms with Gasteiger partial charge in [-0.1, -0.05) is 12.1 Å². The summed E-state index contributed by atoms with van der Waals surface area (Å²) in [5, 5.41) is 14.3. The monoisotopic (exact) mass is 561 g/mol. The summed E-state index contributed by atoms with van der Waals surface area (Å²) in [7, 11) is -2.98. The Balaban J connectivity index is 1.38. The average Bonchev–Trinajstić information content (AvgIpc) is 3.40. The van der Waals surface area contributed by atoms with Crippen molar-refractivity contribution in [2.45, 2.75) is 13.3 Å². The van der Waals surface area contributed by atoms with E-state index < -0.39 is 21.6 Å². The second kappa shape index (κ2) is 12.3. The van der Waals surface area contributed by atoms with E-state index in [1.54, 1.807) is 42.6 Å². The number of carbonyl (C=O) groups excluding carboxylic acids is 2. The lowest BCUT2D eigenvalue weighted by Gasteiger charge is -2.10. The molecule has 4 N–H and O–H groups in total. The molecule has 0 aliphatic rings. The topological polar surface area (TPSA) is 163 Å². The molecular weight excluding hydrogens is 534 g/mol. The maximum absolute atomic E-state index is 12.5. The lowest BCUT2D eigenvalue weighted by Crippen LogP contribution is -2.19. The van der Waals surface area contributed by atoms with Gasteiger partial charge >= 0.3 is 12.0 Å². The van der Waals surface area contributed by atoms with Crippen molar-refractivity contribution in [1.29, 1.82) is 0 Å². The number of aromatic nitrogens is 2. The van der Waals surface area contributed by atoms with Gasteiger partial charge in [-0.15, -0.1) is 0 Å². The number of aromatic amines is 1. The molecule has 2 heterocycles. The van der Waals surface area contributed by atoms with Crippen molar-refractivity contribution >= 4 is 39.0 Å². The Labute approximate surface area is 230 Å². The third-order valence-corrected chi connectivity index (χ3v) is 7.05. The second-order valence-corrected chi connectivity index (χ2v) is 11.5. The van der Waals surface area contributed by atoms with Crippen LogP contribution in [0.5, 0.6) is 11.5 Å². The number of urea groups is 1. The van der Waals surface area contributed by atoms with E-state index >= 15 is 0 Å². The fourth-order valence-corrected chi connectivity index (χ4v) is 4.70. The molecular formula is C28H27N5O6S. The number of aliphatic carboxylic acids is 1. The molecule has 0 radical (unpaired) electrons. The van der Waals surface area contributed by atoms with E-state index in [0.717, 1.165) is 5.56 Å². The van der Waals surface area contributed by atoms with E-state index in [9.17, 15) is 18.6 Å². The summed E-state index contributed by atoms with van der Waals surface area (Å²) in [6, 6.07) is 18.8. The summed E-state index contributed by atoms with van der Waals surface area (Å²) in [4.78, 5) is 42.7. The normalized spacial score (nSPS) is 12.2. The zero-order valence-electron chi connectivity index (χ0n) is 21.7. The fourth-order valence-electron chi connectivity index (χ4n) is 3.60. The fraction of sp³-hybridized carbons (Fsp3) is 0.143. The number of carboxylic acid groups (broad SMARTS) is 1. The van der Waals surface area contributed by atoms with Crippen LogP contribution in [0.1, 0.15) is 22.3 Å². The van der Waals surface area contributed by atoms with Crippen LogP contribution in [0, 0.1) is 6.92 Å². The van der Waals surface area contributed by atoms with Crippen LogP contribution in [-0.4, -0.2) is 49.2 Å². The van der Waals surface area contributed by atoms with Crippen LogP contribution in [0.2, 0.25) is 0 Å². The molecule has 12 heteroatoms. The molecule has 0 aliphatic carbocycles. The SMILES string of the molecule is Cc1cccc(NC(=O)Nc2ccc(Oc3ccnc(-c4cc(C(=O)N=S(C)(=O)CCC(=O)O)c[nH]4)c3)cc2)c1. The number of hydrogen-bond donors (Lipinski definition) is 4. The van der Waals surface area contributed by atoms with Crippen molar-refractivity contribution in [3.63, 3.8) is 0 Å². The van der Waals surface area contributed by atoms with Crippen molar-refractivity contribution in [3.8, 4) is 22.9 Å². The highest BCUT2D eigenvalue weighted by Gasteiger charge is 2.14. The number of amides is 3. The molecule has 3 amide bonds. The number of carbonyl (C=O) groups is 3. The van der Waals surface area contributed by atoms with Gasteiger partial charge in [0.1, 0.15) is 11.5 Å². The minimum atomic E-state index is -2.98. The largest absolute Gasteiger partial charge is 0.481 e. The molecule has 0 aliphatic heterocycles. The molecule has 0 fully saturated rings. The van der Waals surface area contributed by atoms with Crippen LogP contribution in [0.15, 0.2) is 83.5 Å². The maximum Gasteiger partial charge on any atom is 0.323 e. The average molecular weight is 562 g/mol. The molecule has 11 nitrogen and oxygen atoms in total. The lowest BCUT2D eigenvalue weighted by molar-refractivity contribution is -0.136. The molecule has 0 spiro atoms. The zero-order valence-corrected chi connectivity index (χ0v) is 22.5. The van der Waals surface area contributed by atoms with Crippen molar-refractivity contribution in [2.24, 2.45) is 4.36 Å². The molecule has 1 unspecified atom stereocenters. The van der Waals surface area contributed by atoms with E-state index in [-0.39, 0.29) is 23.8 Å². The highest BCUT2D eigenvalue weighted by molar-refractivity contribution is 7.93. The Hall–Kier alpha value is -4.97. The summed E-state index contributed by atoms with van der Waals surface area (Å²) < 4.78 is 22.0. The molecule has 0 bridgehead atoms. The summed E-state index contributed by atoms with van der Waals surface area (Å²) >= 11 is 0. The second-order valence-electron chi connectivity index (χ2n) is 8.96. The van der Waals surface area contributed by atoms with Gasteiger partial charge in [0.25, 0.3) is 5.91 Å². The molecule has 4 aromatic rings. The molecule has 2 aromatic carbocycles. The standard InChI is InChI=1S/C28H27N5O6S/c1-18-4-3-5-21(14-18)32-28(37)31-20-6-8-22(9-7-20)39-23-10-12-29-25(16-23)24-15-19(17-30-24)27(36)33-40(2,38)13-11-26(34)35/h3-10,12,14-17,30H,11,13H2,1-2H3,(H,34,35)(H2,31,32,37). The Kier molecular flexibility index (Phi) is 8.60. The smallest absolute Gasteiger partial charge is 0.323 e. The zero-order chi connectivity index (χ0) is 28.7. The summed E-state index contributed by atoms with van der Waals surface area (Å²) in [6.45, 7) is 1.95. The predicted molar refractivity (Wildman–Crippen MR) is 152 cm³/mol.